The zero-order valence-electron chi connectivity index (χ0n) is 14.1. The van der Waals surface area contributed by atoms with Crippen LogP contribution >= 0.6 is 11.8 Å². The summed E-state index contributed by atoms with van der Waals surface area (Å²) >= 11 is 1.91. The molecule has 0 radical (unpaired) electrons. The van der Waals surface area contributed by atoms with Crippen LogP contribution in [0.1, 0.15) is 46.8 Å². The van der Waals surface area contributed by atoms with E-state index in [1.54, 1.807) is 18.3 Å². The minimum absolute atomic E-state index is 0.0721. The molecule has 2 aromatic rings. The van der Waals surface area contributed by atoms with Crippen LogP contribution < -0.4 is 10.1 Å². The third-order valence-corrected chi connectivity index (χ3v) is 5.98. The fourth-order valence-electron chi connectivity index (χ4n) is 3.51. The number of thioether (sulfide) groups is 1. The maximum atomic E-state index is 12.6. The molecule has 1 aliphatic carbocycles. The van der Waals surface area contributed by atoms with Gasteiger partial charge < -0.3 is 10.1 Å². The average molecular weight is 354 g/mol. The predicted octanol–water partition coefficient (Wildman–Crippen LogP) is 3.77. The highest BCUT2D eigenvalue weighted by Crippen LogP contribution is 2.29. The summed E-state index contributed by atoms with van der Waals surface area (Å²) in [6.45, 7) is 0. The van der Waals surface area contributed by atoms with Gasteiger partial charge in [-0.1, -0.05) is 24.3 Å². The minimum atomic E-state index is -0.0721. The highest BCUT2D eigenvalue weighted by Gasteiger charge is 2.22. The molecule has 1 aromatic carbocycles. The Hall–Kier alpha value is -2.01. The maximum Gasteiger partial charge on any atom is 0.253 e. The van der Waals surface area contributed by atoms with E-state index in [0.717, 1.165) is 37.2 Å². The molecule has 2 unspecified atom stereocenters. The van der Waals surface area contributed by atoms with E-state index in [-0.39, 0.29) is 18.1 Å². The second-order valence-electron chi connectivity index (χ2n) is 6.61. The zero-order chi connectivity index (χ0) is 17.1. The summed E-state index contributed by atoms with van der Waals surface area (Å²) in [7, 11) is 0. The highest BCUT2D eigenvalue weighted by atomic mass is 32.2. The smallest absolute Gasteiger partial charge is 0.253 e. The summed E-state index contributed by atoms with van der Waals surface area (Å²) in [5.74, 6) is 2.70. The predicted molar refractivity (Wildman–Crippen MR) is 100 cm³/mol. The molecule has 1 aromatic heterocycles. The molecule has 1 aliphatic heterocycles. The molecule has 130 valence electrons. The zero-order valence-corrected chi connectivity index (χ0v) is 14.9. The molecule has 25 heavy (non-hydrogen) atoms. The van der Waals surface area contributed by atoms with Gasteiger partial charge >= 0.3 is 0 Å². The number of benzene rings is 1. The van der Waals surface area contributed by atoms with E-state index < -0.39 is 0 Å². The van der Waals surface area contributed by atoms with Gasteiger partial charge in [0.05, 0.1) is 11.6 Å². The molecule has 0 spiro atoms. The number of rotatable bonds is 4. The van der Waals surface area contributed by atoms with E-state index in [4.69, 9.17) is 4.74 Å². The number of aromatic nitrogens is 1. The number of hydrogen-bond donors (Lipinski definition) is 1. The van der Waals surface area contributed by atoms with Crippen LogP contribution in [-0.2, 0) is 6.42 Å². The van der Waals surface area contributed by atoms with Crippen molar-refractivity contribution in [3.63, 3.8) is 0 Å². The number of carbonyl (C=O) groups excluding carboxylic acids is 1. The molecule has 5 heteroatoms. The maximum absolute atomic E-state index is 12.6. The second-order valence-corrected chi connectivity index (χ2v) is 7.76. The number of ether oxygens (including phenoxy) is 1. The van der Waals surface area contributed by atoms with Crippen molar-refractivity contribution in [1.82, 2.24) is 10.3 Å². The molecule has 0 bridgehead atoms. The normalized spacial score (nSPS) is 22.2. The van der Waals surface area contributed by atoms with Crippen molar-refractivity contribution in [3.8, 4) is 5.88 Å². The molecule has 2 aliphatic rings. The lowest BCUT2D eigenvalue weighted by Crippen LogP contribution is -2.31. The largest absolute Gasteiger partial charge is 0.473 e. The van der Waals surface area contributed by atoms with E-state index in [9.17, 15) is 4.79 Å². The molecule has 4 nitrogen and oxygen atoms in total. The van der Waals surface area contributed by atoms with Gasteiger partial charge in [0.15, 0.2) is 0 Å². The van der Waals surface area contributed by atoms with Gasteiger partial charge in [0.1, 0.15) is 6.10 Å². The van der Waals surface area contributed by atoms with Crippen LogP contribution in [0.25, 0.3) is 0 Å². The van der Waals surface area contributed by atoms with Crippen molar-refractivity contribution >= 4 is 17.7 Å². The number of nitrogens with one attached hydrogen (secondary N) is 1. The fourth-order valence-corrected chi connectivity index (χ4v) is 4.60. The van der Waals surface area contributed by atoms with Gasteiger partial charge in [-0.3, -0.25) is 4.79 Å². The highest BCUT2D eigenvalue weighted by molar-refractivity contribution is 7.99. The van der Waals surface area contributed by atoms with Gasteiger partial charge in [0, 0.05) is 18.0 Å². The Kier molecular flexibility index (Phi) is 4.92. The number of fused-ring (bicyclic) bond motifs is 1. The van der Waals surface area contributed by atoms with Crippen LogP contribution in [0.5, 0.6) is 5.88 Å². The first kappa shape index (κ1) is 16.5. The quantitative estimate of drug-likeness (QED) is 0.908. The Balaban J connectivity index is 1.41. The van der Waals surface area contributed by atoms with Gasteiger partial charge in [0.25, 0.3) is 5.91 Å². The number of amides is 1. The molecule has 4 rings (SSSR count). The van der Waals surface area contributed by atoms with Crippen LogP contribution in [0.15, 0.2) is 42.6 Å². The summed E-state index contributed by atoms with van der Waals surface area (Å²) < 4.78 is 5.84. The second kappa shape index (κ2) is 7.48. The van der Waals surface area contributed by atoms with Gasteiger partial charge in [-0.05, 0) is 48.6 Å². The number of carbonyl (C=O) groups is 1. The number of aryl methyl sites for hydroxylation is 1. The molecule has 0 saturated carbocycles. The van der Waals surface area contributed by atoms with Gasteiger partial charge in [0.2, 0.25) is 5.88 Å². The van der Waals surface area contributed by atoms with E-state index in [0.29, 0.717) is 11.4 Å². The Labute approximate surface area is 152 Å². The van der Waals surface area contributed by atoms with Crippen LogP contribution in [0, 0.1) is 0 Å². The molecule has 2 heterocycles. The molecule has 2 atom stereocenters. The van der Waals surface area contributed by atoms with Crippen molar-refractivity contribution in [3.05, 3.63) is 59.3 Å². The summed E-state index contributed by atoms with van der Waals surface area (Å²) in [5, 5.41) is 3.16. The van der Waals surface area contributed by atoms with E-state index in [2.05, 4.69) is 28.5 Å². The standard InChI is InChI=1S/C20H22N2O2S/c23-20(22-18-7-3-5-14-4-1-2-6-17(14)18)15-8-9-19(21-12-15)24-16-10-11-25-13-16/h1-2,4,6,8-9,12,16,18H,3,5,7,10-11,13H2,(H,22,23). The molecule has 1 fully saturated rings. The van der Waals surface area contributed by atoms with E-state index in [1.807, 2.05) is 17.8 Å². The first-order chi connectivity index (χ1) is 12.3. The topological polar surface area (TPSA) is 51.2 Å². The Bertz CT molecular complexity index is 742. The molecular formula is C20H22N2O2S. The van der Waals surface area contributed by atoms with Crippen LogP contribution in [0.3, 0.4) is 0 Å². The van der Waals surface area contributed by atoms with Crippen molar-refractivity contribution in [2.45, 2.75) is 37.8 Å². The molecule has 1 amide bonds. The van der Waals surface area contributed by atoms with Crippen molar-refractivity contribution in [1.29, 1.82) is 0 Å². The number of hydrogen-bond acceptors (Lipinski definition) is 4. The molecule has 1 saturated heterocycles. The summed E-state index contributed by atoms with van der Waals surface area (Å²) in [5.41, 5.74) is 3.17. The molecular weight excluding hydrogens is 332 g/mol. The SMILES string of the molecule is O=C(NC1CCCc2ccccc21)c1ccc(OC2CCSC2)nc1. The molecule has 1 N–H and O–H groups in total. The van der Waals surface area contributed by atoms with Crippen molar-refractivity contribution in [2.24, 2.45) is 0 Å². The monoisotopic (exact) mass is 354 g/mol. The Morgan fingerprint density at radius 3 is 2.92 bits per heavy atom. The first-order valence-electron chi connectivity index (χ1n) is 8.89. The average Bonchev–Trinajstić information content (AvgIpc) is 3.16. The van der Waals surface area contributed by atoms with E-state index in [1.165, 1.54) is 11.1 Å². The summed E-state index contributed by atoms with van der Waals surface area (Å²) in [6, 6.07) is 12.1. The lowest BCUT2D eigenvalue weighted by Gasteiger charge is -2.26. The van der Waals surface area contributed by atoms with Crippen molar-refractivity contribution < 1.29 is 9.53 Å². The summed E-state index contributed by atoms with van der Waals surface area (Å²) in [4.78, 5) is 16.9. The third-order valence-electron chi connectivity index (χ3n) is 4.85. The lowest BCUT2D eigenvalue weighted by atomic mass is 9.87. The fraction of sp³-hybridized carbons (Fsp3) is 0.400. The van der Waals surface area contributed by atoms with Gasteiger partial charge in [-0.2, -0.15) is 11.8 Å². The van der Waals surface area contributed by atoms with Crippen LogP contribution in [0.2, 0.25) is 0 Å². The lowest BCUT2D eigenvalue weighted by molar-refractivity contribution is 0.0932. The Morgan fingerprint density at radius 2 is 2.12 bits per heavy atom. The summed E-state index contributed by atoms with van der Waals surface area (Å²) in [6.07, 6.45) is 6.10. The van der Waals surface area contributed by atoms with Crippen LogP contribution in [-0.4, -0.2) is 28.5 Å². The Morgan fingerprint density at radius 1 is 1.20 bits per heavy atom. The van der Waals surface area contributed by atoms with E-state index >= 15 is 0 Å². The number of pyridine rings is 1. The number of nitrogens with zero attached hydrogens (tertiary/aromatic N) is 1. The first-order valence-corrected chi connectivity index (χ1v) is 10.0. The third kappa shape index (κ3) is 3.82. The van der Waals surface area contributed by atoms with Crippen molar-refractivity contribution in [2.75, 3.05) is 11.5 Å². The van der Waals surface area contributed by atoms with Gasteiger partial charge in [-0.25, -0.2) is 4.98 Å². The van der Waals surface area contributed by atoms with Crippen LogP contribution in [0.4, 0.5) is 0 Å². The van der Waals surface area contributed by atoms with Gasteiger partial charge in [-0.15, -0.1) is 0 Å². The minimum Gasteiger partial charge on any atom is -0.473 e.